The van der Waals surface area contributed by atoms with Crippen LogP contribution >= 0.6 is 0 Å². The van der Waals surface area contributed by atoms with Gasteiger partial charge in [0.1, 0.15) is 0 Å². The van der Waals surface area contributed by atoms with Gasteiger partial charge in [0.15, 0.2) is 5.82 Å². The number of carbonyl (C=O) groups excluding carboxylic acids is 2. The van der Waals surface area contributed by atoms with Gasteiger partial charge in [0.25, 0.3) is 5.91 Å². The minimum absolute atomic E-state index is 0.0320. The molecular weight excluding hydrogens is 346 g/mol. The summed E-state index contributed by atoms with van der Waals surface area (Å²) >= 11 is 0. The Hall–Kier alpha value is -3.00. The van der Waals surface area contributed by atoms with Gasteiger partial charge in [0.2, 0.25) is 5.91 Å². The quantitative estimate of drug-likeness (QED) is 0.821. The lowest BCUT2D eigenvalue weighted by Gasteiger charge is -2.38. The first-order valence-electron chi connectivity index (χ1n) is 9.01. The van der Waals surface area contributed by atoms with Crippen LogP contribution in [-0.2, 0) is 9.53 Å². The van der Waals surface area contributed by atoms with Gasteiger partial charge in [-0.1, -0.05) is 0 Å². The minimum atomic E-state index is -0.123. The van der Waals surface area contributed by atoms with Crippen LogP contribution in [0.3, 0.4) is 0 Å². The molecule has 2 saturated heterocycles. The van der Waals surface area contributed by atoms with Gasteiger partial charge in [0, 0.05) is 37.1 Å². The predicted molar refractivity (Wildman–Crippen MR) is 99.5 cm³/mol. The third kappa shape index (κ3) is 4.06. The summed E-state index contributed by atoms with van der Waals surface area (Å²) in [5.41, 5.74) is 1.25. The lowest BCUT2D eigenvalue weighted by Crippen LogP contribution is -2.52. The lowest BCUT2D eigenvalue weighted by atomic mass is 9.99. The number of nitrogens with zero attached hydrogens (tertiary/aromatic N) is 3. The molecule has 1 aromatic heterocycles. The molecule has 2 N–H and O–H groups in total. The Morgan fingerprint density at radius 2 is 1.96 bits per heavy atom. The van der Waals surface area contributed by atoms with E-state index in [0.717, 1.165) is 12.2 Å². The standard InChI is InChI=1S/C19H21N5O3/c25-18(22-16-7-9-27-12-16)13-3-5-15(6-4-13)21-19(26)14-10-24(11-14)17-2-1-8-20-23-17/h1-6,8,14,16H,7,9-12H2,(H,21,26)(H,22,25)/t16-/m1/s1. The van der Waals surface area contributed by atoms with Crippen LogP contribution in [0.2, 0.25) is 0 Å². The van der Waals surface area contributed by atoms with E-state index in [2.05, 4.69) is 20.8 Å². The zero-order valence-electron chi connectivity index (χ0n) is 14.8. The molecule has 2 aliphatic rings. The predicted octanol–water partition coefficient (Wildman–Crippen LogP) is 1.07. The smallest absolute Gasteiger partial charge is 0.251 e. The average molecular weight is 367 g/mol. The van der Waals surface area contributed by atoms with Gasteiger partial charge >= 0.3 is 0 Å². The SMILES string of the molecule is O=C(N[C@@H]1CCOC1)c1ccc(NC(=O)C2CN(c3cccnn3)C2)cc1. The largest absolute Gasteiger partial charge is 0.379 e. The number of aromatic nitrogens is 2. The summed E-state index contributed by atoms with van der Waals surface area (Å²) in [6, 6.07) is 10.7. The molecule has 0 aliphatic carbocycles. The first-order chi connectivity index (χ1) is 13.2. The Balaban J connectivity index is 1.27. The van der Waals surface area contributed by atoms with Crippen molar-refractivity contribution in [3.05, 3.63) is 48.2 Å². The van der Waals surface area contributed by atoms with Crippen molar-refractivity contribution in [1.29, 1.82) is 0 Å². The molecule has 8 nitrogen and oxygen atoms in total. The minimum Gasteiger partial charge on any atom is -0.379 e. The fourth-order valence-corrected chi connectivity index (χ4v) is 3.16. The topological polar surface area (TPSA) is 96.5 Å². The van der Waals surface area contributed by atoms with E-state index in [1.54, 1.807) is 30.5 Å². The van der Waals surface area contributed by atoms with Crippen molar-refractivity contribution in [2.24, 2.45) is 5.92 Å². The van der Waals surface area contributed by atoms with Crippen molar-refractivity contribution in [2.75, 3.05) is 36.5 Å². The van der Waals surface area contributed by atoms with Crippen molar-refractivity contribution < 1.29 is 14.3 Å². The molecule has 8 heteroatoms. The van der Waals surface area contributed by atoms with Crippen LogP contribution in [0.25, 0.3) is 0 Å². The molecule has 0 radical (unpaired) electrons. The van der Waals surface area contributed by atoms with Crippen LogP contribution in [0.1, 0.15) is 16.8 Å². The molecule has 140 valence electrons. The fourth-order valence-electron chi connectivity index (χ4n) is 3.16. The second-order valence-electron chi connectivity index (χ2n) is 6.78. The van der Waals surface area contributed by atoms with Crippen molar-refractivity contribution in [3.63, 3.8) is 0 Å². The van der Waals surface area contributed by atoms with Gasteiger partial charge in [-0.15, -0.1) is 5.10 Å². The first kappa shape index (κ1) is 17.4. The second kappa shape index (κ2) is 7.71. The van der Waals surface area contributed by atoms with Gasteiger partial charge in [-0.2, -0.15) is 5.10 Å². The van der Waals surface area contributed by atoms with Gasteiger partial charge < -0.3 is 20.3 Å². The van der Waals surface area contributed by atoms with Gasteiger partial charge in [-0.3, -0.25) is 9.59 Å². The number of rotatable bonds is 5. The van der Waals surface area contributed by atoms with E-state index in [-0.39, 0.29) is 23.8 Å². The number of anilines is 2. The molecule has 0 unspecified atom stereocenters. The molecule has 3 heterocycles. The van der Waals surface area contributed by atoms with Gasteiger partial charge in [-0.25, -0.2) is 0 Å². The van der Waals surface area contributed by atoms with Gasteiger partial charge in [-0.05, 0) is 42.8 Å². The fraction of sp³-hybridized carbons (Fsp3) is 0.368. The number of nitrogens with one attached hydrogen (secondary N) is 2. The van der Waals surface area contributed by atoms with Crippen LogP contribution in [0, 0.1) is 5.92 Å². The molecular formula is C19H21N5O3. The molecule has 4 rings (SSSR count). The summed E-state index contributed by atoms with van der Waals surface area (Å²) < 4.78 is 5.26. The summed E-state index contributed by atoms with van der Waals surface area (Å²) in [5, 5.41) is 13.7. The molecule has 1 aromatic carbocycles. The van der Waals surface area contributed by atoms with Crippen molar-refractivity contribution in [3.8, 4) is 0 Å². The summed E-state index contributed by atoms with van der Waals surface area (Å²) in [7, 11) is 0. The first-order valence-corrected chi connectivity index (χ1v) is 9.01. The summed E-state index contributed by atoms with van der Waals surface area (Å²) in [6.07, 6.45) is 2.46. The van der Waals surface area contributed by atoms with E-state index < -0.39 is 0 Å². The molecule has 0 bridgehead atoms. The molecule has 0 spiro atoms. The monoisotopic (exact) mass is 367 g/mol. The number of ether oxygens (including phenoxy) is 1. The summed E-state index contributed by atoms with van der Waals surface area (Å²) in [4.78, 5) is 26.6. The Kier molecular flexibility index (Phi) is 4.97. The van der Waals surface area contributed by atoms with E-state index in [1.807, 2.05) is 17.0 Å². The van der Waals surface area contributed by atoms with Crippen LogP contribution in [0.5, 0.6) is 0 Å². The molecule has 2 aromatic rings. The Morgan fingerprint density at radius 3 is 2.63 bits per heavy atom. The second-order valence-corrected chi connectivity index (χ2v) is 6.78. The molecule has 0 saturated carbocycles. The maximum atomic E-state index is 12.4. The molecule has 2 aliphatic heterocycles. The van der Waals surface area contributed by atoms with Crippen molar-refractivity contribution >= 4 is 23.3 Å². The number of hydrogen-bond acceptors (Lipinski definition) is 6. The highest BCUT2D eigenvalue weighted by molar-refractivity contribution is 5.97. The van der Waals surface area contributed by atoms with E-state index in [4.69, 9.17) is 4.74 Å². The van der Waals surface area contributed by atoms with Crippen LogP contribution < -0.4 is 15.5 Å². The van der Waals surface area contributed by atoms with E-state index in [1.165, 1.54) is 0 Å². The molecule has 2 fully saturated rings. The van der Waals surface area contributed by atoms with Crippen molar-refractivity contribution in [2.45, 2.75) is 12.5 Å². The van der Waals surface area contributed by atoms with Crippen LogP contribution in [-0.4, -0.2) is 54.4 Å². The van der Waals surface area contributed by atoms with Gasteiger partial charge in [0.05, 0.1) is 18.6 Å². The highest BCUT2D eigenvalue weighted by Crippen LogP contribution is 2.23. The van der Waals surface area contributed by atoms with Crippen molar-refractivity contribution in [1.82, 2.24) is 15.5 Å². The number of hydrogen-bond donors (Lipinski definition) is 2. The Labute approximate surface area is 156 Å². The number of amides is 2. The third-order valence-corrected chi connectivity index (χ3v) is 4.81. The Morgan fingerprint density at radius 1 is 1.15 bits per heavy atom. The van der Waals surface area contributed by atoms with Crippen LogP contribution in [0.15, 0.2) is 42.6 Å². The number of carbonyl (C=O) groups is 2. The molecule has 1 atom stereocenters. The average Bonchev–Trinajstić information content (AvgIpc) is 3.15. The van der Waals surface area contributed by atoms with Crippen LogP contribution in [0.4, 0.5) is 11.5 Å². The maximum Gasteiger partial charge on any atom is 0.251 e. The highest BCUT2D eigenvalue weighted by atomic mass is 16.5. The maximum absolute atomic E-state index is 12.4. The summed E-state index contributed by atoms with van der Waals surface area (Å²) in [6.45, 7) is 2.49. The summed E-state index contributed by atoms with van der Waals surface area (Å²) in [5.74, 6) is 0.541. The van der Waals surface area contributed by atoms with E-state index in [9.17, 15) is 9.59 Å². The molecule has 27 heavy (non-hydrogen) atoms. The zero-order valence-corrected chi connectivity index (χ0v) is 14.8. The zero-order chi connectivity index (χ0) is 18.6. The normalized spacial score (nSPS) is 19.4. The lowest BCUT2D eigenvalue weighted by molar-refractivity contribution is -0.120. The Bertz CT molecular complexity index is 800. The van der Waals surface area contributed by atoms with E-state index >= 15 is 0 Å². The van der Waals surface area contributed by atoms with E-state index in [0.29, 0.717) is 37.6 Å². The highest BCUT2D eigenvalue weighted by Gasteiger charge is 2.33. The third-order valence-electron chi connectivity index (χ3n) is 4.81. The number of benzene rings is 1. The molecule has 2 amide bonds.